The third-order valence-electron chi connectivity index (χ3n) is 2.66. The summed E-state index contributed by atoms with van der Waals surface area (Å²) in [5.41, 5.74) is 7.78. The molecule has 0 saturated carbocycles. The Kier molecular flexibility index (Phi) is 4.18. The molecule has 0 aliphatic carbocycles. The lowest BCUT2D eigenvalue weighted by molar-refractivity contribution is 0.582. The normalized spacial score (nSPS) is 11.6. The molecule has 2 rings (SSSR count). The largest absolute Gasteiger partial charge is 0.398 e. The van der Waals surface area contributed by atoms with Crippen LogP contribution in [-0.4, -0.2) is 13.4 Å². The molecule has 3 N–H and O–H groups in total. The van der Waals surface area contributed by atoms with Crippen molar-refractivity contribution in [1.82, 2.24) is 9.71 Å². The molecule has 0 aromatic carbocycles. The highest BCUT2D eigenvalue weighted by Crippen LogP contribution is 2.21. The van der Waals surface area contributed by atoms with E-state index in [2.05, 4.69) is 9.71 Å². The number of aryl methyl sites for hydroxylation is 1. The first kappa shape index (κ1) is 14.0. The van der Waals surface area contributed by atoms with Gasteiger partial charge in [-0.3, -0.25) is 4.98 Å². The van der Waals surface area contributed by atoms with Crippen molar-refractivity contribution in [2.24, 2.45) is 0 Å². The second-order valence-corrected chi connectivity index (χ2v) is 6.89. The molecule has 2 heterocycles. The molecule has 0 atom stereocenters. The highest BCUT2D eigenvalue weighted by molar-refractivity contribution is 7.91. The van der Waals surface area contributed by atoms with E-state index in [4.69, 9.17) is 5.73 Å². The Hall–Kier alpha value is -1.44. The standard InChI is InChI=1S/C12H15N3O2S2/c1-2-9-4-3-5-14-11(9)7-15-19(16,17)12-6-10(13)8-18-12/h3-6,8,15H,2,7,13H2,1H3. The van der Waals surface area contributed by atoms with Crippen LogP contribution in [0.4, 0.5) is 5.69 Å². The summed E-state index contributed by atoms with van der Waals surface area (Å²) in [6, 6.07) is 5.24. The van der Waals surface area contributed by atoms with Crippen molar-refractivity contribution in [3.05, 3.63) is 41.0 Å². The minimum atomic E-state index is -3.51. The van der Waals surface area contributed by atoms with E-state index in [1.54, 1.807) is 11.6 Å². The molecule has 0 radical (unpaired) electrons. The Balaban J connectivity index is 2.14. The lowest BCUT2D eigenvalue weighted by atomic mass is 10.1. The number of nitrogens with one attached hydrogen (secondary N) is 1. The van der Waals surface area contributed by atoms with Gasteiger partial charge in [-0.15, -0.1) is 11.3 Å². The van der Waals surface area contributed by atoms with Crippen molar-refractivity contribution in [3.63, 3.8) is 0 Å². The van der Waals surface area contributed by atoms with Crippen molar-refractivity contribution < 1.29 is 8.42 Å². The molecule has 0 aliphatic rings. The van der Waals surface area contributed by atoms with E-state index < -0.39 is 10.0 Å². The van der Waals surface area contributed by atoms with Crippen LogP contribution in [0.3, 0.4) is 0 Å². The Morgan fingerprint density at radius 2 is 2.26 bits per heavy atom. The number of sulfonamides is 1. The summed E-state index contributed by atoms with van der Waals surface area (Å²) in [5, 5.41) is 1.60. The number of rotatable bonds is 5. The highest BCUT2D eigenvalue weighted by Gasteiger charge is 2.16. The van der Waals surface area contributed by atoms with Crippen LogP contribution in [0.2, 0.25) is 0 Å². The second-order valence-electron chi connectivity index (χ2n) is 3.99. The summed E-state index contributed by atoms with van der Waals surface area (Å²) in [4.78, 5) is 4.20. The highest BCUT2D eigenvalue weighted by atomic mass is 32.2. The van der Waals surface area contributed by atoms with Gasteiger partial charge in [-0.2, -0.15) is 0 Å². The molecule has 0 fully saturated rings. The molecule has 2 aromatic heterocycles. The number of hydrogen-bond donors (Lipinski definition) is 2. The zero-order valence-electron chi connectivity index (χ0n) is 10.5. The number of nitrogens with two attached hydrogens (primary N) is 1. The molecule has 5 nitrogen and oxygen atoms in total. The van der Waals surface area contributed by atoms with Crippen molar-refractivity contribution in [2.45, 2.75) is 24.1 Å². The van der Waals surface area contributed by atoms with E-state index in [1.165, 1.54) is 6.07 Å². The summed E-state index contributed by atoms with van der Waals surface area (Å²) in [6.07, 6.45) is 2.47. The van der Waals surface area contributed by atoms with Crippen LogP contribution < -0.4 is 10.5 Å². The van der Waals surface area contributed by atoms with Crippen molar-refractivity contribution in [3.8, 4) is 0 Å². The van der Waals surface area contributed by atoms with Gasteiger partial charge >= 0.3 is 0 Å². The summed E-state index contributed by atoms with van der Waals surface area (Å²) in [6.45, 7) is 2.19. The third kappa shape index (κ3) is 3.31. The van der Waals surface area contributed by atoms with Gasteiger partial charge < -0.3 is 5.73 Å². The van der Waals surface area contributed by atoms with Gasteiger partial charge in [-0.05, 0) is 24.1 Å². The maximum absolute atomic E-state index is 12.0. The number of nitrogen functional groups attached to an aromatic ring is 1. The average Bonchev–Trinajstić information content (AvgIpc) is 2.84. The molecular formula is C12H15N3O2S2. The van der Waals surface area contributed by atoms with Crippen LogP contribution in [0.5, 0.6) is 0 Å². The first-order valence-corrected chi connectivity index (χ1v) is 8.15. The third-order valence-corrected chi connectivity index (χ3v) is 5.51. The minimum Gasteiger partial charge on any atom is -0.398 e. The predicted octanol–water partition coefficient (Wildman–Crippen LogP) is 1.77. The van der Waals surface area contributed by atoms with Gasteiger partial charge in [0.1, 0.15) is 4.21 Å². The van der Waals surface area contributed by atoms with E-state index in [-0.39, 0.29) is 10.8 Å². The lowest BCUT2D eigenvalue weighted by Gasteiger charge is -2.07. The van der Waals surface area contributed by atoms with E-state index in [0.717, 1.165) is 29.0 Å². The predicted molar refractivity (Wildman–Crippen MR) is 76.4 cm³/mol. The minimum absolute atomic E-state index is 0.185. The van der Waals surface area contributed by atoms with Crippen LogP contribution in [0.25, 0.3) is 0 Å². The molecule has 7 heteroatoms. The first-order valence-electron chi connectivity index (χ1n) is 5.79. The van der Waals surface area contributed by atoms with Gasteiger partial charge in [0.15, 0.2) is 0 Å². The first-order chi connectivity index (χ1) is 9.03. The Labute approximate surface area is 116 Å². The van der Waals surface area contributed by atoms with Crippen LogP contribution >= 0.6 is 11.3 Å². The van der Waals surface area contributed by atoms with E-state index in [9.17, 15) is 8.42 Å². The summed E-state index contributed by atoms with van der Waals surface area (Å²) in [5.74, 6) is 0. The Morgan fingerprint density at radius 1 is 1.47 bits per heavy atom. The fourth-order valence-electron chi connectivity index (χ4n) is 1.66. The van der Waals surface area contributed by atoms with Crippen molar-refractivity contribution in [1.29, 1.82) is 0 Å². The van der Waals surface area contributed by atoms with Gasteiger partial charge in [0.05, 0.1) is 12.2 Å². The lowest BCUT2D eigenvalue weighted by Crippen LogP contribution is -2.23. The van der Waals surface area contributed by atoms with E-state index in [1.807, 2.05) is 19.1 Å². The Morgan fingerprint density at radius 3 is 2.89 bits per heavy atom. The number of nitrogens with zero attached hydrogens (tertiary/aromatic N) is 1. The quantitative estimate of drug-likeness (QED) is 0.880. The van der Waals surface area contributed by atoms with Crippen molar-refractivity contribution >= 4 is 27.0 Å². The molecule has 0 amide bonds. The van der Waals surface area contributed by atoms with Crippen LogP contribution in [-0.2, 0) is 23.0 Å². The molecule has 0 spiro atoms. The van der Waals surface area contributed by atoms with Gasteiger partial charge in [0.2, 0.25) is 10.0 Å². The second kappa shape index (κ2) is 5.68. The van der Waals surface area contributed by atoms with E-state index in [0.29, 0.717) is 5.69 Å². The zero-order valence-corrected chi connectivity index (χ0v) is 12.1. The number of thiophene rings is 1. The molecule has 2 aromatic rings. The number of anilines is 1. The summed E-state index contributed by atoms with van der Waals surface area (Å²) < 4.78 is 26.8. The molecule has 0 bridgehead atoms. The maximum atomic E-state index is 12.0. The van der Waals surface area contributed by atoms with Gasteiger partial charge in [-0.25, -0.2) is 13.1 Å². The fraction of sp³-hybridized carbons (Fsp3) is 0.250. The zero-order chi connectivity index (χ0) is 13.9. The van der Waals surface area contributed by atoms with Crippen LogP contribution in [0, 0.1) is 0 Å². The van der Waals surface area contributed by atoms with Crippen LogP contribution in [0.15, 0.2) is 34.0 Å². The SMILES string of the molecule is CCc1cccnc1CNS(=O)(=O)c1cc(N)cs1. The molecule has 0 aliphatic heterocycles. The smallest absolute Gasteiger partial charge is 0.250 e. The molecule has 102 valence electrons. The summed E-state index contributed by atoms with van der Waals surface area (Å²) in [7, 11) is -3.51. The summed E-state index contributed by atoms with van der Waals surface area (Å²) >= 11 is 1.11. The van der Waals surface area contributed by atoms with Gasteiger partial charge in [0, 0.05) is 17.3 Å². The average molecular weight is 297 g/mol. The van der Waals surface area contributed by atoms with Gasteiger partial charge in [-0.1, -0.05) is 13.0 Å². The maximum Gasteiger partial charge on any atom is 0.250 e. The van der Waals surface area contributed by atoms with Crippen molar-refractivity contribution in [2.75, 3.05) is 5.73 Å². The fourth-order valence-corrected chi connectivity index (χ4v) is 3.77. The monoisotopic (exact) mass is 297 g/mol. The Bertz CT molecular complexity index is 665. The molecule has 0 saturated heterocycles. The molecule has 0 unspecified atom stereocenters. The van der Waals surface area contributed by atoms with Gasteiger partial charge in [0.25, 0.3) is 0 Å². The number of hydrogen-bond acceptors (Lipinski definition) is 5. The molecular weight excluding hydrogens is 282 g/mol. The van der Waals surface area contributed by atoms with E-state index >= 15 is 0 Å². The van der Waals surface area contributed by atoms with Crippen LogP contribution in [0.1, 0.15) is 18.2 Å². The number of pyridine rings is 1. The topological polar surface area (TPSA) is 85.1 Å². The number of aromatic nitrogens is 1. The molecule has 19 heavy (non-hydrogen) atoms.